The van der Waals surface area contributed by atoms with Crippen LogP contribution in [-0.4, -0.2) is 29.5 Å². The maximum atomic E-state index is 12.2. The molecule has 0 saturated carbocycles. The summed E-state index contributed by atoms with van der Waals surface area (Å²) < 4.78 is 10.4. The number of benzene rings is 2. The van der Waals surface area contributed by atoms with Crippen LogP contribution in [0, 0.1) is 10.1 Å². The third kappa shape index (κ3) is 5.42. The molecule has 8 nitrogen and oxygen atoms in total. The highest BCUT2D eigenvalue weighted by Gasteiger charge is 2.22. The van der Waals surface area contributed by atoms with Crippen LogP contribution in [0.5, 0.6) is 5.75 Å². The van der Waals surface area contributed by atoms with E-state index in [1.165, 1.54) is 19.1 Å². The zero-order chi connectivity index (χ0) is 20.0. The first-order chi connectivity index (χ1) is 12.8. The summed E-state index contributed by atoms with van der Waals surface area (Å²) in [6.07, 6.45) is -1.11. The second-order valence-corrected chi connectivity index (χ2v) is 5.82. The molecule has 0 fully saturated rings. The van der Waals surface area contributed by atoms with Gasteiger partial charge in [0.15, 0.2) is 6.10 Å². The van der Waals surface area contributed by atoms with Crippen LogP contribution < -0.4 is 10.1 Å². The molecule has 2 aromatic carbocycles. The second kappa shape index (κ2) is 9.00. The summed E-state index contributed by atoms with van der Waals surface area (Å²) >= 11 is 5.71. The van der Waals surface area contributed by atoms with Gasteiger partial charge in [-0.3, -0.25) is 14.9 Å². The van der Waals surface area contributed by atoms with Gasteiger partial charge in [0.1, 0.15) is 10.8 Å². The van der Waals surface area contributed by atoms with Crippen molar-refractivity contribution in [1.29, 1.82) is 0 Å². The van der Waals surface area contributed by atoms with E-state index in [0.717, 1.165) is 6.07 Å². The quantitative estimate of drug-likeness (QED) is 0.436. The molecule has 0 unspecified atom stereocenters. The van der Waals surface area contributed by atoms with Gasteiger partial charge in [-0.25, -0.2) is 4.79 Å². The molecule has 27 heavy (non-hydrogen) atoms. The van der Waals surface area contributed by atoms with Crippen LogP contribution in [0.2, 0.25) is 5.02 Å². The molecule has 0 aromatic heterocycles. The minimum absolute atomic E-state index is 0.0770. The lowest BCUT2D eigenvalue weighted by atomic mass is 10.2. The molecule has 0 saturated heterocycles. The lowest BCUT2D eigenvalue weighted by Crippen LogP contribution is -2.30. The van der Waals surface area contributed by atoms with Crippen molar-refractivity contribution in [2.75, 3.05) is 11.9 Å². The predicted molar refractivity (Wildman–Crippen MR) is 99.2 cm³/mol. The second-order valence-electron chi connectivity index (χ2n) is 5.42. The molecule has 2 rings (SSSR count). The van der Waals surface area contributed by atoms with E-state index in [2.05, 4.69) is 5.32 Å². The van der Waals surface area contributed by atoms with Crippen LogP contribution in [0.1, 0.15) is 24.2 Å². The number of esters is 1. The number of nitrogens with zero attached hydrogens (tertiary/aromatic N) is 1. The Labute approximate surface area is 160 Å². The van der Waals surface area contributed by atoms with E-state index in [1.807, 2.05) is 6.92 Å². The number of halogens is 1. The van der Waals surface area contributed by atoms with Gasteiger partial charge in [-0.15, -0.1) is 0 Å². The van der Waals surface area contributed by atoms with Crippen molar-refractivity contribution in [1.82, 2.24) is 0 Å². The fraction of sp³-hybridized carbons (Fsp3) is 0.222. The molecule has 0 aliphatic rings. The van der Waals surface area contributed by atoms with E-state index < -0.39 is 28.6 Å². The van der Waals surface area contributed by atoms with Crippen molar-refractivity contribution < 1.29 is 24.0 Å². The maximum Gasteiger partial charge on any atom is 0.339 e. The SMILES string of the molecule is CCOc1ccc(NC(=O)[C@H](C)OC(=O)c2ccc(Cl)c([N+](=O)[O-])c2)cc1. The number of nitro groups is 1. The first-order valence-corrected chi connectivity index (χ1v) is 8.38. The van der Waals surface area contributed by atoms with Crippen LogP contribution in [-0.2, 0) is 9.53 Å². The Hall–Kier alpha value is -3.13. The third-order valence-electron chi connectivity index (χ3n) is 3.46. The lowest BCUT2D eigenvalue weighted by Gasteiger charge is -2.14. The third-order valence-corrected chi connectivity index (χ3v) is 3.78. The summed E-state index contributed by atoms with van der Waals surface area (Å²) in [7, 11) is 0. The molecular formula is C18H17ClN2O6. The van der Waals surface area contributed by atoms with Crippen molar-refractivity contribution in [2.45, 2.75) is 20.0 Å². The van der Waals surface area contributed by atoms with E-state index in [9.17, 15) is 19.7 Å². The van der Waals surface area contributed by atoms with Crippen molar-refractivity contribution in [2.24, 2.45) is 0 Å². The average molecular weight is 393 g/mol. The zero-order valence-electron chi connectivity index (χ0n) is 14.6. The molecule has 0 spiro atoms. The highest BCUT2D eigenvalue weighted by atomic mass is 35.5. The van der Waals surface area contributed by atoms with Crippen LogP contribution in [0.15, 0.2) is 42.5 Å². The number of carbonyl (C=O) groups is 2. The number of amides is 1. The molecule has 0 aliphatic carbocycles. The van der Waals surface area contributed by atoms with Crippen molar-refractivity contribution >= 4 is 34.9 Å². The van der Waals surface area contributed by atoms with Gasteiger partial charge in [-0.1, -0.05) is 11.6 Å². The summed E-state index contributed by atoms with van der Waals surface area (Å²) in [5.41, 5.74) is 0.0120. The Bertz CT molecular complexity index is 853. The monoisotopic (exact) mass is 392 g/mol. The van der Waals surface area contributed by atoms with E-state index in [0.29, 0.717) is 18.0 Å². The van der Waals surface area contributed by atoms with E-state index in [1.54, 1.807) is 24.3 Å². The Morgan fingerprint density at radius 3 is 2.48 bits per heavy atom. The Kier molecular flexibility index (Phi) is 6.73. The molecule has 1 atom stereocenters. The molecule has 0 bridgehead atoms. The minimum atomic E-state index is -1.11. The highest BCUT2D eigenvalue weighted by Crippen LogP contribution is 2.25. The van der Waals surface area contributed by atoms with Crippen LogP contribution in [0.4, 0.5) is 11.4 Å². The summed E-state index contributed by atoms with van der Waals surface area (Å²) in [5, 5.41) is 13.4. The largest absolute Gasteiger partial charge is 0.494 e. The van der Waals surface area contributed by atoms with Gasteiger partial charge in [0.25, 0.3) is 11.6 Å². The summed E-state index contributed by atoms with van der Waals surface area (Å²) in [6, 6.07) is 10.2. The molecule has 2 aromatic rings. The van der Waals surface area contributed by atoms with Gasteiger partial charge in [-0.05, 0) is 50.2 Å². The number of hydrogen-bond acceptors (Lipinski definition) is 6. The normalized spacial score (nSPS) is 11.4. The molecule has 0 aliphatic heterocycles. The predicted octanol–water partition coefficient (Wildman–Crippen LogP) is 3.83. The molecule has 1 N–H and O–H groups in total. The molecule has 1 amide bonds. The number of carbonyl (C=O) groups excluding carboxylic acids is 2. The number of hydrogen-bond donors (Lipinski definition) is 1. The number of ether oxygens (including phenoxy) is 2. The van der Waals surface area contributed by atoms with E-state index in [4.69, 9.17) is 21.1 Å². The number of anilines is 1. The van der Waals surface area contributed by atoms with Crippen LogP contribution >= 0.6 is 11.6 Å². The standard InChI is InChI=1S/C18H17ClN2O6/c1-3-26-14-7-5-13(6-8-14)20-17(22)11(2)27-18(23)12-4-9-15(19)16(10-12)21(24)25/h4-11H,3H2,1-2H3,(H,20,22)/t11-/m0/s1. The van der Waals surface area contributed by atoms with E-state index >= 15 is 0 Å². The van der Waals surface area contributed by atoms with Gasteiger partial charge in [0.05, 0.1) is 17.1 Å². The molecular weight excluding hydrogens is 376 g/mol. The van der Waals surface area contributed by atoms with Crippen LogP contribution in [0.25, 0.3) is 0 Å². The maximum absolute atomic E-state index is 12.2. The number of nitrogens with one attached hydrogen (secondary N) is 1. The first kappa shape index (κ1) is 20.2. The summed E-state index contributed by atoms with van der Waals surface area (Å²) in [4.78, 5) is 34.5. The number of rotatable bonds is 7. The minimum Gasteiger partial charge on any atom is -0.494 e. The highest BCUT2D eigenvalue weighted by molar-refractivity contribution is 6.32. The fourth-order valence-electron chi connectivity index (χ4n) is 2.11. The Morgan fingerprint density at radius 1 is 1.22 bits per heavy atom. The van der Waals surface area contributed by atoms with Crippen LogP contribution in [0.3, 0.4) is 0 Å². The Morgan fingerprint density at radius 2 is 1.89 bits per heavy atom. The zero-order valence-corrected chi connectivity index (χ0v) is 15.4. The van der Waals surface area contributed by atoms with Crippen molar-refractivity contribution in [3.05, 3.63) is 63.2 Å². The molecule has 0 radical (unpaired) electrons. The van der Waals surface area contributed by atoms with Crippen molar-refractivity contribution in [3.63, 3.8) is 0 Å². The lowest BCUT2D eigenvalue weighted by molar-refractivity contribution is -0.384. The Balaban J connectivity index is 2.00. The summed E-state index contributed by atoms with van der Waals surface area (Å²) in [5.74, 6) is -0.751. The molecule has 9 heteroatoms. The van der Waals surface area contributed by atoms with Gasteiger partial charge < -0.3 is 14.8 Å². The van der Waals surface area contributed by atoms with Crippen molar-refractivity contribution in [3.8, 4) is 5.75 Å². The van der Waals surface area contributed by atoms with E-state index in [-0.39, 0.29) is 10.6 Å². The van der Waals surface area contributed by atoms with Gasteiger partial charge >= 0.3 is 5.97 Å². The molecule has 0 heterocycles. The topological polar surface area (TPSA) is 108 Å². The van der Waals surface area contributed by atoms with Gasteiger partial charge in [0.2, 0.25) is 0 Å². The van der Waals surface area contributed by atoms with Gasteiger partial charge in [0, 0.05) is 11.8 Å². The van der Waals surface area contributed by atoms with Gasteiger partial charge in [-0.2, -0.15) is 0 Å². The molecule has 142 valence electrons. The average Bonchev–Trinajstić information content (AvgIpc) is 2.63. The smallest absolute Gasteiger partial charge is 0.339 e. The number of nitro benzene ring substituents is 1. The summed E-state index contributed by atoms with van der Waals surface area (Å²) in [6.45, 7) is 3.79. The fourth-order valence-corrected chi connectivity index (χ4v) is 2.29. The first-order valence-electron chi connectivity index (χ1n) is 8.00.